The minimum absolute atomic E-state index is 0.0846. The summed E-state index contributed by atoms with van der Waals surface area (Å²) in [6.45, 7) is 2.24. The van der Waals surface area contributed by atoms with Crippen LogP contribution in [0.2, 0.25) is 0 Å². The number of nitrogens with one attached hydrogen (secondary N) is 1. The van der Waals surface area contributed by atoms with Crippen LogP contribution in [0.15, 0.2) is 0 Å². The Morgan fingerprint density at radius 3 is 2.74 bits per heavy atom. The van der Waals surface area contributed by atoms with Crippen molar-refractivity contribution in [1.82, 2.24) is 10.4 Å². The molecule has 1 rings (SSSR count). The molecule has 2 N–H and O–H groups in total. The van der Waals surface area contributed by atoms with Gasteiger partial charge in [0.25, 0.3) is 0 Å². The zero-order valence-electron chi connectivity index (χ0n) is 11.0. The second-order valence-electron chi connectivity index (χ2n) is 4.01. The van der Waals surface area contributed by atoms with Crippen LogP contribution in [0.1, 0.15) is 19.8 Å². The van der Waals surface area contributed by atoms with E-state index < -0.39 is 27.3 Å². The van der Waals surface area contributed by atoms with Crippen LogP contribution in [0.3, 0.4) is 0 Å². The molecule has 0 aromatic heterocycles. The summed E-state index contributed by atoms with van der Waals surface area (Å²) in [6.07, 6.45) is 1.61. The van der Waals surface area contributed by atoms with Crippen LogP contribution in [0, 0.1) is 0 Å². The molecule has 9 heteroatoms. The molecule has 1 radical (unpaired) electrons. The Balaban J connectivity index is 2.71. The van der Waals surface area contributed by atoms with Gasteiger partial charge in [-0.2, -0.15) is 5.01 Å². The number of carbonyl (C=O) groups excluding carboxylic acids is 1. The second kappa shape index (κ2) is 8.35. The lowest BCUT2D eigenvalue weighted by Gasteiger charge is -2.29. The Morgan fingerprint density at radius 2 is 2.16 bits per heavy atom. The van der Waals surface area contributed by atoms with Crippen LogP contribution in [-0.4, -0.2) is 64.4 Å². The lowest BCUT2D eigenvalue weighted by atomic mass is 10.2. The molecular formula is C10H19N2O6Si. The molecule has 1 fully saturated rings. The van der Waals surface area contributed by atoms with Crippen molar-refractivity contribution in [3.8, 4) is 0 Å². The van der Waals surface area contributed by atoms with Gasteiger partial charge in [0.15, 0.2) is 11.8 Å². The SMILES string of the molecule is CO[Si]1OCCCCNN(C(C(C)=O)C(=O)O)CO1. The molecule has 0 amide bonds. The van der Waals surface area contributed by atoms with E-state index in [0.29, 0.717) is 13.2 Å². The van der Waals surface area contributed by atoms with Crippen LogP contribution >= 0.6 is 0 Å². The summed E-state index contributed by atoms with van der Waals surface area (Å²) < 4.78 is 15.8. The third kappa shape index (κ3) is 5.34. The Morgan fingerprint density at radius 1 is 1.42 bits per heavy atom. The number of hydrazine groups is 1. The van der Waals surface area contributed by atoms with Gasteiger partial charge in [0.2, 0.25) is 0 Å². The zero-order chi connectivity index (χ0) is 14.3. The topological polar surface area (TPSA) is 97.3 Å². The average molecular weight is 291 g/mol. The standard InChI is InChI=1S/C10H19N2O6Si/c1-8(13)9(10(14)15)12-7-18-19(16-2)17-6-4-3-5-11-12/h9,11H,3-7H2,1-2H3,(H,14,15). The van der Waals surface area contributed by atoms with E-state index in [-0.39, 0.29) is 6.73 Å². The molecule has 1 unspecified atom stereocenters. The molecule has 109 valence electrons. The van der Waals surface area contributed by atoms with Gasteiger partial charge in [0.1, 0.15) is 6.73 Å². The first kappa shape index (κ1) is 16.2. The van der Waals surface area contributed by atoms with Crippen molar-refractivity contribution in [3.63, 3.8) is 0 Å². The molecule has 0 saturated carbocycles. The quantitative estimate of drug-likeness (QED) is 0.516. The van der Waals surface area contributed by atoms with Crippen LogP contribution < -0.4 is 5.43 Å². The highest BCUT2D eigenvalue weighted by atomic mass is 28.3. The molecular weight excluding hydrogens is 272 g/mol. The van der Waals surface area contributed by atoms with Gasteiger partial charge < -0.3 is 18.4 Å². The number of carboxylic acids is 1. The van der Waals surface area contributed by atoms with Gasteiger partial charge in [-0.3, -0.25) is 10.2 Å². The first-order valence-corrected chi connectivity index (χ1v) is 7.18. The number of carbonyl (C=O) groups is 2. The van der Waals surface area contributed by atoms with E-state index in [9.17, 15) is 9.59 Å². The van der Waals surface area contributed by atoms with E-state index >= 15 is 0 Å². The van der Waals surface area contributed by atoms with Crippen molar-refractivity contribution in [2.45, 2.75) is 25.8 Å². The number of aliphatic carboxylic acids is 1. The van der Waals surface area contributed by atoms with Crippen LogP contribution in [-0.2, 0) is 22.9 Å². The molecule has 8 nitrogen and oxygen atoms in total. The number of carboxylic acid groups (broad SMARTS) is 1. The molecule has 0 spiro atoms. The molecule has 0 bridgehead atoms. The maximum atomic E-state index is 11.4. The summed E-state index contributed by atoms with van der Waals surface area (Å²) in [5.41, 5.74) is 2.91. The van der Waals surface area contributed by atoms with E-state index in [1.165, 1.54) is 19.0 Å². The number of ketones is 1. The Labute approximate surface area is 113 Å². The van der Waals surface area contributed by atoms with Crippen molar-refractivity contribution in [2.24, 2.45) is 0 Å². The smallest absolute Gasteiger partial charge is 0.480 e. The summed E-state index contributed by atoms with van der Waals surface area (Å²) >= 11 is 0. The first-order valence-electron chi connectivity index (χ1n) is 5.96. The van der Waals surface area contributed by atoms with Gasteiger partial charge in [-0.05, 0) is 19.8 Å². The molecule has 1 heterocycles. The van der Waals surface area contributed by atoms with Crippen molar-refractivity contribution in [2.75, 3.05) is 27.0 Å². The molecule has 19 heavy (non-hydrogen) atoms. The molecule has 0 aromatic carbocycles. The number of hydrogen-bond acceptors (Lipinski definition) is 7. The van der Waals surface area contributed by atoms with Gasteiger partial charge >= 0.3 is 15.5 Å². The predicted octanol–water partition coefficient (Wildman–Crippen LogP) is -0.749. The molecule has 1 atom stereocenters. The second-order valence-corrected chi connectivity index (χ2v) is 5.50. The van der Waals surface area contributed by atoms with Crippen molar-refractivity contribution >= 4 is 21.3 Å². The van der Waals surface area contributed by atoms with Gasteiger partial charge in [-0.15, -0.1) is 0 Å². The fourth-order valence-electron chi connectivity index (χ4n) is 1.63. The molecule has 0 aromatic rings. The van der Waals surface area contributed by atoms with Crippen LogP contribution in [0.4, 0.5) is 0 Å². The largest absolute Gasteiger partial charge is 0.578 e. The average Bonchev–Trinajstić information content (AvgIpc) is 2.36. The number of hydrogen-bond donors (Lipinski definition) is 2. The number of nitrogens with zero attached hydrogens (tertiary/aromatic N) is 1. The maximum Gasteiger partial charge on any atom is 0.578 e. The maximum absolute atomic E-state index is 11.4. The van der Waals surface area contributed by atoms with Crippen molar-refractivity contribution in [1.29, 1.82) is 0 Å². The van der Waals surface area contributed by atoms with Gasteiger partial charge in [0.05, 0.1) is 0 Å². The summed E-state index contributed by atoms with van der Waals surface area (Å²) in [5, 5.41) is 10.4. The highest BCUT2D eigenvalue weighted by Gasteiger charge is 2.32. The number of Topliss-reactive ketones (excluding diaryl/α,β-unsaturated/α-hetero) is 1. The van der Waals surface area contributed by atoms with E-state index in [0.717, 1.165) is 12.8 Å². The molecule has 1 aliphatic rings. The Bertz CT molecular complexity index is 302. The molecule has 1 saturated heterocycles. The molecule has 1 aliphatic heterocycles. The van der Waals surface area contributed by atoms with E-state index in [1.54, 1.807) is 0 Å². The Hall–Kier alpha value is -0.843. The normalized spacial score (nSPS) is 21.8. The van der Waals surface area contributed by atoms with Gasteiger partial charge in [0, 0.05) is 20.3 Å². The number of rotatable bonds is 4. The van der Waals surface area contributed by atoms with Crippen LogP contribution in [0.25, 0.3) is 0 Å². The third-order valence-corrected chi connectivity index (χ3v) is 3.66. The summed E-state index contributed by atoms with van der Waals surface area (Å²) in [6, 6.07) is -1.28. The highest BCUT2D eigenvalue weighted by Crippen LogP contribution is 2.04. The fourth-order valence-corrected chi connectivity index (χ4v) is 2.50. The van der Waals surface area contributed by atoms with Crippen LogP contribution in [0.5, 0.6) is 0 Å². The highest BCUT2D eigenvalue weighted by molar-refractivity contribution is 6.36. The fraction of sp³-hybridized carbons (Fsp3) is 0.800. The van der Waals surface area contributed by atoms with Gasteiger partial charge in [-0.25, -0.2) is 4.79 Å². The molecule has 0 aliphatic carbocycles. The summed E-state index contributed by atoms with van der Waals surface area (Å²) in [4.78, 5) is 22.5. The van der Waals surface area contributed by atoms with Crippen molar-refractivity contribution in [3.05, 3.63) is 0 Å². The third-order valence-electron chi connectivity index (χ3n) is 2.52. The lowest BCUT2D eigenvalue weighted by molar-refractivity contribution is -0.152. The minimum Gasteiger partial charge on any atom is -0.480 e. The van der Waals surface area contributed by atoms with E-state index in [2.05, 4.69) is 5.43 Å². The minimum atomic E-state index is -1.89. The van der Waals surface area contributed by atoms with Crippen molar-refractivity contribution < 1.29 is 28.0 Å². The van der Waals surface area contributed by atoms with Gasteiger partial charge in [-0.1, -0.05) is 0 Å². The Kier molecular flexibility index (Phi) is 7.13. The zero-order valence-corrected chi connectivity index (χ0v) is 12.0. The van der Waals surface area contributed by atoms with E-state index in [4.69, 9.17) is 18.4 Å². The first-order chi connectivity index (χ1) is 9.06. The monoisotopic (exact) mass is 291 g/mol. The van der Waals surface area contributed by atoms with E-state index in [1.807, 2.05) is 0 Å². The summed E-state index contributed by atoms with van der Waals surface area (Å²) in [5.74, 6) is -1.68. The lowest BCUT2D eigenvalue weighted by Crippen LogP contribution is -2.55. The predicted molar refractivity (Wildman–Crippen MR) is 65.8 cm³/mol. The summed E-state index contributed by atoms with van der Waals surface area (Å²) in [7, 11) is -0.418.